The predicted octanol–water partition coefficient (Wildman–Crippen LogP) is 3.57. The summed E-state index contributed by atoms with van der Waals surface area (Å²) in [5, 5.41) is 9.32. The summed E-state index contributed by atoms with van der Waals surface area (Å²) >= 11 is 0. The van der Waals surface area contributed by atoms with Crippen molar-refractivity contribution in [2.45, 2.75) is 44.9 Å². The molecule has 1 aromatic heterocycles. The minimum atomic E-state index is -4.64. The molecule has 0 radical (unpaired) electrons. The van der Waals surface area contributed by atoms with Crippen LogP contribution in [0.5, 0.6) is 0 Å². The molecule has 0 aliphatic carbocycles. The molecule has 2 heterocycles. The van der Waals surface area contributed by atoms with Gasteiger partial charge in [0.15, 0.2) is 0 Å². The first-order valence-electron chi connectivity index (χ1n) is 8.93. The highest BCUT2D eigenvalue weighted by molar-refractivity contribution is 6.07. The molecule has 0 saturated carbocycles. The number of nitrogens with two attached hydrogens (primary N) is 1. The maximum atomic E-state index is 13.7. The van der Waals surface area contributed by atoms with E-state index >= 15 is 0 Å². The van der Waals surface area contributed by atoms with Crippen LogP contribution in [0.1, 0.15) is 53.9 Å². The van der Waals surface area contributed by atoms with Crippen molar-refractivity contribution >= 4 is 22.8 Å². The SMILES string of the molecule is CCC(C)C1(CC(=O)O)OCCc2c1[nH]c1c(C(N)=O)ccc(C(F)(F)F)c21. The third kappa shape index (κ3) is 3.03. The Bertz CT molecular complexity index is 951. The number of hydrogen-bond donors (Lipinski definition) is 3. The van der Waals surface area contributed by atoms with Crippen molar-refractivity contribution in [3.05, 3.63) is 34.5 Å². The van der Waals surface area contributed by atoms with E-state index < -0.39 is 35.6 Å². The van der Waals surface area contributed by atoms with E-state index in [1.54, 1.807) is 6.92 Å². The highest BCUT2D eigenvalue weighted by Gasteiger charge is 2.47. The summed E-state index contributed by atoms with van der Waals surface area (Å²) in [5.41, 5.74) is 3.67. The molecule has 3 rings (SSSR count). The number of halogens is 3. The van der Waals surface area contributed by atoms with Gasteiger partial charge in [0.2, 0.25) is 0 Å². The van der Waals surface area contributed by atoms with E-state index in [0.29, 0.717) is 12.0 Å². The molecule has 9 heteroatoms. The number of ether oxygens (including phenoxy) is 1. The fourth-order valence-electron chi connectivity index (χ4n) is 4.09. The molecule has 0 saturated heterocycles. The summed E-state index contributed by atoms with van der Waals surface area (Å²) in [5.74, 6) is -2.29. The molecular weight excluding hydrogens is 377 g/mol. The minimum absolute atomic E-state index is 0.0316. The third-order valence-electron chi connectivity index (χ3n) is 5.59. The fraction of sp³-hybridized carbons (Fsp3) is 0.474. The number of fused-ring (bicyclic) bond motifs is 3. The zero-order chi connectivity index (χ0) is 20.9. The topological polar surface area (TPSA) is 105 Å². The van der Waals surface area contributed by atoms with E-state index in [1.165, 1.54) is 0 Å². The molecule has 1 amide bonds. The Morgan fingerprint density at radius 2 is 2.07 bits per heavy atom. The lowest BCUT2D eigenvalue weighted by Crippen LogP contribution is -2.43. The van der Waals surface area contributed by atoms with Crippen molar-refractivity contribution in [3.63, 3.8) is 0 Å². The van der Waals surface area contributed by atoms with Gasteiger partial charge in [0.25, 0.3) is 5.91 Å². The molecule has 2 atom stereocenters. The van der Waals surface area contributed by atoms with E-state index in [2.05, 4.69) is 4.98 Å². The number of alkyl halides is 3. The standard InChI is InChI=1S/C19H21F3N2O4/c1-3-9(2)18(8-13(25)26)16-10(6-7-28-18)14-12(19(20,21)22)5-4-11(17(23)27)15(14)24-16/h4-5,9,24H,3,6-8H2,1-2H3,(H2,23,27)(H,25,26). The van der Waals surface area contributed by atoms with Gasteiger partial charge in [-0.2, -0.15) is 13.2 Å². The van der Waals surface area contributed by atoms with Gasteiger partial charge in [-0.1, -0.05) is 20.3 Å². The van der Waals surface area contributed by atoms with Crippen LogP contribution in [0.15, 0.2) is 12.1 Å². The number of primary amides is 1. The molecule has 4 N–H and O–H groups in total. The first kappa shape index (κ1) is 20.2. The van der Waals surface area contributed by atoms with E-state index in [-0.39, 0.29) is 41.1 Å². The molecule has 2 aromatic rings. The second kappa shape index (κ2) is 6.80. The number of aromatic amines is 1. The number of carbonyl (C=O) groups is 2. The quantitative estimate of drug-likeness (QED) is 0.716. The van der Waals surface area contributed by atoms with Crippen molar-refractivity contribution in [2.24, 2.45) is 11.7 Å². The van der Waals surface area contributed by atoms with Gasteiger partial charge in [0.05, 0.1) is 35.4 Å². The Balaban J connectivity index is 2.42. The lowest BCUT2D eigenvalue weighted by atomic mass is 9.77. The average Bonchev–Trinajstić information content (AvgIpc) is 2.99. The number of amides is 1. The van der Waals surface area contributed by atoms with Gasteiger partial charge in [0.1, 0.15) is 5.60 Å². The van der Waals surface area contributed by atoms with Crippen molar-refractivity contribution < 1.29 is 32.6 Å². The highest BCUT2D eigenvalue weighted by Crippen LogP contribution is 2.48. The number of carboxylic acid groups (broad SMARTS) is 1. The molecule has 28 heavy (non-hydrogen) atoms. The number of hydrogen-bond acceptors (Lipinski definition) is 3. The van der Waals surface area contributed by atoms with Crippen LogP contribution >= 0.6 is 0 Å². The first-order valence-corrected chi connectivity index (χ1v) is 8.93. The van der Waals surface area contributed by atoms with Crippen LogP contribution in [0.25, 0.3) is 10.9 Å². The van der Waals surface area contributed by atoms with Crippen molar-refractivity contribution in [3.8, 4) is 0 Å². The molecule has 152 valence electrons. The molecule has 6 nitrogen and oxygen atoms in total. The number of rotatable bonds is 5. The van der Waals surface area contributed by atoms with E-state index in [4.69, 9.17) is 10.5 Å². The minimum Gasteiger partial charge on any atom is -0.481 e. The zero-order valence-corrected chi connectivity index (χ0v) is 15.4. The number of carboxylic acids is 1. The van der Waals surface area contributed by atoms with E-state index in [0.717, 1.165) is 12.1 Å². The number of benzene rings is 1. The van der Waals surface area contributed by atoms with Crippen LogP contribution in [0, 0.1) is 5.92 Å². The molecule has 2 unspecified atom stereocenters. The molecule has 0 fully saturated rings. The molecule has 1 aromatic carbocycles. The summed E-state index contributed by atoms with van der Waals surface area (Å²) < 4.78 is 46.9. The molecule has 0 bridgehead atoms. The van der Waals surface area contributed by atoms with Gasteiger partial charge in [-0.05, 0) is 30.0 Å². The van der Waals surface area contributed by atoms with Crippen LogP contribution in [0.2, 0.25) is 0 Å². The fourth-order valence-corrected chi connectivity index (χ4v) is 4.09. The molecule has 1 aliphatic rings. The monoisotopic (exact) mass is 398 g/mol. The third-order valence-corrected chi connectivity index (χ3v) is 5.59. The molecule has 1 aliphatic heterocycles. The highest BCUT2D eigenvalue weighted by atomic mass is 19.4. The van der Waals surface area contributed by atoms with Gasteiger partial charge in [-0.25, -0.2) is 0 Å². The Hall–Kier alpha value is -2.55. The zero-order valence-electron chi connectivity index (χ0n) is 15.4. The van der Waals surface area contributed by atoms with Gasteiger partial charge in [0, 0.05) is 5.39 Å². The Labute approximate surface area is 158 Å². The predicted molar refractivity (Wildman–Crippen MR) is 94.9 cm³/mol. The number of carbonyl (C=O) groups excluding carboxylic acids is 1. The van der Waals surface area contributed by atoms with Crippen LogP contribution in [0.4, 0.5) is 13.2 Å². The first-order chi connectivity index (χ1) is 13.0. The van der Waals surface area contributed by atoms with Crippen molar-refractivity contribution in [1.82, 2.24) is 4.98 Å². The number of nitrogens with one attached hydrogen (secondary N) is 1. The number of aromatic nitrogens is 1. The lowest BCUT2D eigenvalue weighted by molar-refractivity contribution is -0.155. The summed E-state index contributed by atoms with van der Waals surface area (Å²) in [7, 11) is 0. The van der Waals surface area contributed by atoms with Crippen LogP contribution in [0.3, 0.4) is 0 Å². The Morgan fingerprint density at radius 1 is 1.39 bits per heavy atom. The van der Waals surface area contributed by atoms with Gasteiger partial charge < -0.3 is 20.6 Å². The second-order valence-corrected chi connectivity index (χ2v) is 7.12. The summed E-state index contributed by atoms with van der Waals surface area (Å²) in [6.45, 7) is 3.73. The largest absolute Gasteiger partial charge is 0.481 e. The summed E-state index contributed by atoms with van der Waals surface area (Å²) in [4.78, 5) is 26.3. The van der Waals surface area contributed by atoms with Gasteiger partial charge >= 0.3 is 12.1 Å². The average molecular weight is 398 g/mol. The molecular formula is C19H21F3N2O4. The van der Waals surface area contributed by atoms with Crippen molar-refractivity contribution in [2.75, 3.05) is 6.61 Å². The second-order valence-electron chi connectivity index (χ2n) is 7.12. The maximum absolute atomic E-state index is 13.7. The lowest BCUT2D eigenvalue weighted by Gasteiger charge is -2.41. The van der Waals surface area contributed by atoms with Gasteiger partial charge in [-0.15, -0.1) is 0 Å². The van der Waals surface area contributed by atoms with Gasteiger partial charge in [-0.3, -0.25) is 9.59 Å². The summed E-state index contributed by atoms with van der Waals surface area (Å²) in [6, 6.07) is 1.88. The number of aliphatic carboxylic acids is 1. The Kier molecular flexibility index (Phi) is 4.91. The van der Waals surface area contributed by atoms with Crippen LogP contribution < -0.4 is 5.73 Å². The van der Waals surface area contributed by atoms with E-state index in [1.807, 2.05) is 6.92 Å². The Morgan fingerprint density at radius 3 is 2.61 bits per heavy atom. The van der Waals surface area contributed by atoms with E-state index in [9.17, 15) is 27.9 Å². The molecule has 0 spiro atoms. The number of H-pyrrole nitrogens is 1. The smallest absolute Gasteiger partial charge is 0.417 e. The van der Waals surface area contributed by atoms with Crippen LogP contribution in [-0.4, -0.2) is 28.6 Å². The summed E-state index contributed by atoms with van der Waals surface area (Å²) in [6.07, 6.45) is -4.33. The maximum Gasteiger partial charge on any atom is 0.417 e. The normalized spacial score (nSPS) is 20.8. The van der Waals surface area contributed by atoms with Crippen LogP contribution in [-0.2, 0) is 27.7 Å². The van der Waals surface area contributed by atoms with Crippen molar-refractivity contribution in [1.29, 1.82) is 0 Å².